The molecule has 2 aromatic rings. The predicted molar refractivity (Wildman–Crippen MR) is 98.1 cm³/mol. The fraction of sp³-hybridized carbons (Fsp3) is 0.412. The van der Waals surface area contributed by atoms with Crippen LogP contribution in [-0.4, -0.2) is 19.3 Å². The fourth-order valence-electron chi connectivity index (χ4n) is 2.62. The zero-order valence-electron chi connectivity index (χ0n) is 14.4. The number of thiazole rings is 1. The maximum Gasteiger partial charge on any atom is 0.241 e. The highest BCUT2D eigenvalue weighted by Crippen LogP contribution is 2.42. The molecular weight excluding hydrogens is 358 g/mol. The molecule has 6 nitrogen and oxygen atoms in total. The smallest absolute Gasteiger partial charge is 0.241 e. The molecule has 1 fully saturated rings. The average molecular weight is 380 g/mol. The summed E-state index contributed by atoms with van der Waals surface area (Å²) >= 11 is 1.52. The number of hydrogen-bond acceptors (Lipinski definition) is 5. The first kappa shape index (κ1) is 18.0. The number of nitrogens with one attached hydrogen (secondary N) is 2. The van der Waals surface area contributed by atoms with Crippen LogP contribution in [0.25, 0.3) is 0 Å². The third kappa shape index (κ3) is 4.26. The molecule has 134 valence electrons. The SMILES string of the molecule is CC(=O)Nc1cc(S(=O)(=O)N[C@@H](c2ncc(C)s2)C2CC2)ccc1C. The Labute approximate surface area is 151 Å². The Kier molecular flexibility index (Phi) is 4.95. The summed E-state index contributed by atoms with van der Waals surface area (Å²) in [6.45, 7) is 5.17. The van der Waals surface area contributed by atoms with Crippen LogP contribution in [0, 0.1) is 19.8 Å². The van der Waals surface area contributed by atoms with Gasteiger partial charge in [-0.1, -0.05) is 6.07 Å². The second-order valence-corrected chi connectivity index (χ2v) is 9.38. The summed E-state index contributed by atoms with van der Waals surface area (Å²) in [5.74, 6) is 0.0558. The van der Waals surface area contributed by atoms with E-state index in [9.17, 15) is 13.2 Å². The van der Waals surface area contributed by atoms with Crippen LogP contribution in [0.15, 0.2) is 29.3 Å². The molecule has 1 aromatic heterocycles. The molecule has 2 N–H and O–H groups in total. The standard InChI is InChI=1S/C17H21N3O3S2/c1-10-4-7-14(8-15(10)19-12(3)21)25(22,23)20-16(13-5-6-13)17-18-9-11(2)24-17/h4,7-9,13,16,20H,5-6H2,1-3H3,(H,19,21)/t16-/m1/s1. The van der Waals surface area contributed by atoms with Crippen LogP contribution in [0.2, 0.25) is 0 Å². The van der Waals surface area contributed by atoms with E-state index in [4.69, 9.17) is 0 Å². The Hall–Kier alpha value is -1.77. The number of carbonyl (C=O) groups excluding carboxylic acids is 1. The van der Waals surface area contributed by atoms with Crippen LogP contribution in [0.5, 0.6) is 0 Å². The first-order valence-electron chi connectivity index (χ1n) is 8.09. The van der Waals surface area contributed by atoms with Crippen molar-refractivity contribution in [2.45, 2.75) is 44.6 Å². The van der Waals surface area contributed by atoms with Crippen LogP contribution in [-0.2, 0) is 14.8 Å². The van der Waals surface area contributed by atoms with Gasteiger partial charge in [-0.05, 0) is 50.3 Å². The number of benzene rings is 1. The van der Waals surface area contributed by atoms with Gasteiger partial charge in [0.25, 0.3) is 0 Å². The van der Waals surface area contributed by atoms with E-state index < -0.39 is 10.0 Å². The van der Waals surface area contributed by atoms with Crippen LogP contribution in [0.4, 0.5) is 5.69 Å². The Morgan fingerprint density at radius 2 is 2.04 bits per heavy atom. The number of aryl methyl sites for hydroxylation is 2. The normalized spacial score (nSPS) is 15.8. The first-order valence-corrected chi connectivity index (χ1v) is 10.4. The van der Waals surface area contributed by atoms with Crippen LogP contribution < -0.4 is 10.0 Å². The summed E-state index contributed by atoms with van der Waals surface area (Å²) in [7, 11) is -3.71. The van der Waals surface area contributed by atoms with E-state index in [1.165, 1.54) is 24.3 Å². The van der Waals surface area contributed by atoms with E-state index in [0.29, 0.717) is 11.6 Å². The van der Waals surface area contributed by atoms with Crippen molar-refractivity contribution in [3.63, 3.8) is 0 Å². The van der Waals surface area contributed by atoms with Crippen molar-refractivity contribution in [2.24, 2.45) is 5.92 Å². The third-order valence-corrected chi connectivity index (χ3v) is 6.55. The van der Waals surface area contributed by atoms with Crippen molar-refractivity contribution < 1.29 is 13.2 Å². The molecule has 1 amide bonds. The van der Waals surface area contributed by atoms with E-state index in [0.717, 1.165) is 28.3 Å². The Morgan fingerprint density at radius 1 is 1.32 bits per heavy atom. The monoisotopic (exact) mass is 379 g/mol. The van der Waals surface area contributed by atoms with E-state index in [2.05, 4.69) is 15.0 Å². The van der Waals surface area contributed by atoms with Crippen molar-refractivity contribution >= 4 is 33.0 Å². The molecule has 8 heteroatoms. The van der Waals surface area contributed by atoms with Crippen LogP contribution >= 0.6 is 11.3 Å². The second kappa shape index (κ2) is 6.86. The number of carbonyl (C=O) groups is 1. The highest BCUT2D eigenvalue weighted by molar-refractivity contribution is 7.89. The molecule has 1 aromatic carbocycles. The second-order valence-electron chi connectivity index (χ2n) is 6.40. The maximum absolute atomic E-state index is 12.9. The lowest BCUT2D eigenvalue weighted by atomic mass is 10.2. The zero-order chi connectivity index (χ0) is 18.2. The lowest BCUT2D eigenvalue weighted by Gasteiger charge is -2.17. The topological polar surface area (TPSA) is 88.2 Å². The highest BCUT2D eigenvalue weighted by Gasteiger charge is 2.37. The van der Waals surface area contributed by atoms with Crippen molar-refractivity contribution in [3.8, 4) is 0 Å². The maximum atomic E-state index is 12.9. The average Bonchev–Trinajstić information content (AvgIpc) is 3.28. The quantitative estimate of drug-likeness (QED) is 0.807. The van der Waals surface area contributed by atoms with Crippen molar-refractivity contribution in [2.75, 3.05) is 5.32 Å². The minimum Gasteiger partial charge on any atom is -0.326 e. The van der Waals surface area contributed by atoms with Gasteiger partial charge >= 0.3 is 0 Å². The van der Waals surface area contributed by atoms with E-state index in [1.54, 1.807) is 18.3 Å². The van der Waals surface area contributed by atoms with Gasteiger partial charge in [0.1, 0.15) is 5.01 Å². The van der Waals surface area contributed by atoms with Gasteiger partial charge in [-0.15, -0.1) is 11.3 Å². The Balaban J connectivity index is 1.89. The molecule has 0 spiro atoms. The molecule has 1 atom stereocenters. The number of anilines is 1. The molecule has 0 radical (unpaired) electrons. The minimum atomic E-state index is -3.71. The molecular formula is C17H21N3O3S2. The zero-order valence-corrected chi connectivity index (χ0v) is 16.0. The van der Waals surface area contributed by atoms with Gasteiger partial charge < -0.3 is 5.32 Å². The molecule has 0 unspecified atom stereocenters. The molecule has 3 rings (SSSR count). The molecule has 0 aliphatic heterocycles. The Bertz CT molecular complexity index is 902. The van der Waals surface area contributed by atoms with Crippen molar-refractivity contribution in [1.82, 2.24) is 9.71 Å². The van der Waals surface area contributed by atoms with Gasteiger partial charge in [-0.3, -0.25) is 4.79 Å². The molecule has 0 bridgehead atoms. The Morgan fingerprint density at radius 3 is 2.60 bits per heavy atom. The van der Waals surface area contributed by atoms with Crippen LogP contribution in [0.3, 0.4) is 0 Å². The predicted octanol–water partition coefficient (Wildman–Crippen LogP) is 3.15. The third-order valence-electron chi connectivity index (χ3n) is 4.11. The van der Waals surface area contributed by atoms with Gasteiger partial charge in [0, 0.05) is 23.7 Å². The summed E-state index contributed by atoms with van der Waals surface area (Å²) in [6, 6.07) is 4.45. The van der Waals surface area contributed by atoms with Crippen molar-refractivity contribution in [1.29, 1.82) is 0 Å². The minimum absolute atomic E-state index is 0.140. The lowest BCUT2D eigenvalue weighted by Crippen LogP contribution is -2.30. The summed E-state index contributed by atoms with van der Waals surface area (Å²) in [4.78, 5) is 16.9. The first-order chi connectivity index (χ1) is 11.8. The lowest BCUT2D eigenvalue weighted by molar-refractivity contribution is -0.114. The molecule has 25 heavy (non-hydrogen) atoms. The molecule has 0 saturated heterocycles. The molecule has 1 aliphatic carbocycles. The van der Waals surface area contributed by atoms with E-state index >= 15 is 0 Å². The van der Waals surface area contributed by atoms with Gasteiger partial charge in [0.2, 0.25) is 15.9 Å². The van der Waals surface area contributed by atoms with Gasteiger partial charge in [-0.2, -0.15) is 0 Å². The molecule has 1 aliphatic rings. The number of hydrogen-bond donors (Lipinski definition) is 2. The molecule has 1 heterocycles. The summed E-state index contributed by atoms with van der Waals surface area (Å²) in [5.41, 5.74) is 1.31. The van der Waals surface area contributed by atoms with Crippen LogP contribution in [0.1, 0.15) is 41.3 Å². The number of nitrogens with zero attached hydrogens (tertiary/aromatic N) is 1. The summed E-state index contributed by atoms with van der Waals surface area (Å²) < 4.78 is 28.5. The number of rotatable bonds is 6. The largest absolute Gasteiger partial charge is 0.326 e. The van der Waals surface area contributed by atoms with E-state index in [1.807, 2.05) is 13.8 Å². The number of amides is 1. The number of sulfonamides is 1. The number of aromatic nitrogens is 1. The van der Waals surface area contributed by atoms with E-state index in [-0.39, 0.29) is 16.8 Å². The fourth-order valence-corrected chi connectivity index (χ4v) is 4.91. The summed E-state index contributed by atoms with van der Waals surface area (Å²) in [6.07, 6.45) is 3.76. The summed E-state index contributed by atoms with van der Waals surface area (Å²) in [5, 5.41) is 3.47. The molecule has 1 saturated carbocycles. The van der Waals surface area contributed by atoms with Gasteiger partial charge in [-0.25, -0.2) is 18.1 Å². The van der Waals surface area contributed by atoms with Gasteiger partial charge in [0.15, 0.2) is 0 Å². The van der Waals surface area contributed by atoms with Crippen molar-refractivity contribution in [3.05, 3.63) is 39.8 Å². The van der Waals surface area contributed by atoms with Gasteiger partial charge in [0.05, 0.1) is 10.9 Å². The highest BCUT2D eigenvalue weighted by atomic mass is 32.2.